The van der Waals surface area contributed by atoms with E-state index in [1.54, 1.807) is 0 Å². The molecule has 0 bridgehead atoms. The summed E-state index contributed by atoms with van der Waals surface area (Å²) < 4.78 is 0. The molecule has 1 N–H and O–H groups in total. The molecular formula is C29H22N2O. The zero-order chi connectivity index (χ0) is 21.7. The monoisotopic (exact) mass is 414 g/mol. The van der Waals surface area contributed by atoms with Crippen molar-refractivity contribution in [3.63, 3.8) is 0 Å². The van der Waals surface area contributed by atoms with E-state index in [1.165, 1.54) is 5.56 Å². The largest absolute Gasteiger partial charge is 0.354 e. The van der Waals surface area contributed by atoms with Crippen molar-refractivity contribution in [2.24, 2.45) is 0 Å². The Labute approximate surface area is 187 Å². The molecule has 3 heteroatoms. The minimum atomic E-state index is -0.214. The molecule has 154 valence electrons. The molecule has 1 aromatic heterocycles. The lowest BCUT2D eigenvalue weighted by Crippen LogP contribution is -2.28. The molecule has 1 amide bonds. The highest BCUT2D eigenvalue weighted by atomic mass is 16.2. The van der Waals surface area contributed by atoms with Crippen molar-refractivity contribution in [3.8, 4) is 11.3 Å². The highest BCUT2D eigenvalue weighted by molar-refractivity contribution is 6.13. The molecule has 1 aliphatic heterocycles. The van der Waals surface area contributed by atoms with E-state index < -0.39 is 0 Å². The van der Waals surface area contributed by atoms with E-state index in [0.717, 1.165) is 44.5 Å². The molecule has 3 nitrogen and oxygen atoms in total. The standard InChI is InChI=1S/C29H22N2O/c1-19-15-17-20(18-16-19)27-26(24-13-7-8-14-25(24)30-27)28-22-11-5-6-12-23(22)29(32)31(28)21-9-3-2-4-10-21/h2-18,28,30H,1H3/t28-/m0/s1. The summed E-state index contributed by atoms with van der Waals surface area (Å²) in [6.45, 7) is 2.10. The number of hydrogen-bond acceptors (Lipinski definition) is 1. The van der Waals surface area contributed by atoms with E-state index in [9.17, 15) is 4.79 Å². The van der Waals surface area contributed by atoms with Gasteiger partial charge in [0.25, 0.3) is 5.91 Å². The number of H-pyrrole nitrogens is 1. The van der Waals surface area contributed by atoms with Gasteiger partial charge in [0.15, 0.2) is 0 Å². The maximum absolute atomic E-state index is 13.6. The summed E-state index contributed by atoms with van der Waals surface area (Å²) in [5.74, 6) is 0.0388. The average Bonchev–Trinajstić information content (AvgIpc) is 3.35. The van der Waals surface area contributed by atoms with Gasteiger partial charge in [0.05, 0.1) is 11.7 Å². The lowest BCUT2D eigenvalue weighted by Gasteiger charge is -2.27. The van der Waals surface area contributed by atoms with Crippen LogP contribution in [0.2, 0.25) is 0 Å². The number of rotatable bonds is 3. The molecule has 6 rings (SSSR count). The number of carbonyl (C=O) groups excluding carboxylic acids is 1. The molecule has 0 fully saturated rings. The van der Waals surface area contributed by atoms with Gasteiger partial charge in [0.2, 0.25) is 0 Å². The van der Waals surface area contributed by atoms with Crippen LogP contribution in [0.3, 0.4) is 0 Å². The van der Waals surface area contributed by atoms with Crippen molar-refractivity contribution in [2.45, 2.75) is 13.0 Å². The minimum absolute atomic E-state index is 0.0388. The van der Waals surface area contributed by atoms with Gasteiger partial charge < -0.3 is 4.98 Å². The van der Waals surface area contributed by atoms with E-state index in [-0.39, 0.29) is 11.9 Å². The normalized spacial score (nSPS) is 15.3. The number of hydrogen-bond donors (Lipinski definition) is 1. The molecule has 1 atom stereocenters. The van der Waals surface area contributed by atoms with Gasteiger partial charge in [-0.1, -0.05) is 84.4 Å². The lowest BCUT2D eigenvalue weighted by atomic mass is 9.93. The predicted octanol–water partition coefficient (Wildman–Crippen LogP) is 6.89. The second-order valence-corrected chi connectivity index (χ2v) is 8.33. The summed E-state index contributed by atoms with van der Waals surface area (Å²) in [6, 6.07) is 34.7. The van der Waals surface area contributed by atoms with Crippen molar-refractivity contribution in [3.05, 3.63) is 125 Å². The van der Waals surface area contributed by atoms with Crippen LogP contribution in [-0.4, -0.2) is 10.9 Å². The van der Waals surface area contributed by atoms with Crippen molar-refractivity contribution in [1.29, 1.82) is 0 Å². The molecule has 0 saturated carbocycles. The first kappa shape index (κ1) is 18.6. The van der Waals surface area contributed by atoms with Crippen molar-refractivity contribution >= 4 is 22.5 Å². The van der Waals surface area contributed by atoms with Crippen LogP contribution in [0.4, 0.5) is 5.69 Å². The first-order valence-electron chi connectivity index (χ1n) is 10.9. The number of amides is 1. The quantitative estimate of drug-likeness (QED) is 0.343. The van der Waals surface area contributed by atoms with Gasteiger partial charge in [-0.2, -0.15) is 0 Å². The molecule has 2 heterocycles. The van der Waals surface area contributed by atoms with Crippen molar-refractivity contribution in [2.75, 3.05) is 4.90 Å². The first-order valence-corrected chi connectivity index (χ1v) is 10.9. The Morgan fingerprint density at radius 2 is 1.44 bits per heavy atom. The molecule has 1 aliphatic rings. The van der Waals surface area contributed by atoms with Crippen molar-refractivity contribution < 1.29 is 4.79 Å². The summed E-state index contributed by atoms with van der Waals surface area (Å²) >= 11 is 0. The fourth-order valence-electron chi connectivity index (χ4n) is 4.85. The molecule has 32 heavy (non-hydrogen) atoms. The average molecular weight is 415 g/mol. The van der Waals surface area contributed by atoms with E-state index in [2.05, 4.69) is 60.4 Å². The highest BCUT2D eigenvalue weighted by Gasteiger charge is 2.40. The number of aryl methyl sites for hydroxylation is 1. The number of aromatic nitrogens is 1. The molecule has 5 aromatic rings. The second kappa shape index (κ2) is 7.24. The second-order valence-electron chi connectivity index (χ2n) is 8.33. The van der Waals surface area contributed by atoms with Gasteiger partial charge in [-0.25, -0.2) is 0 Å². The number of aromatic amines is 1. The Hall–Kier alpha value is -4.11. The van der Waals surface area contributed by atoms with E-state index >= 15 is 0 Å². The van der Waals surface area contributed by atoms with Gasteiger partial charge in [0.1, 0.15) is 0 Å². The fourth-order valence-corrected chi connectivity index (χ4v) is 4.85. The van der Waals surface area contributed by atoms with Crippen LogP contribution >= 0.6 is 0 Å². The molecule has 0 saturated heterocycles. The molecular weight excluding hydrogens is 392 g/mol. The summed E-state index contributed by atoms with van der Waals surface area (Å²) in [7, 11) is 0. The number of carbonyl (C=O) groups is 1. The Bertz CT molecular complexity index is 1450. The Morgan fingerprint density at radius 3 is 2.25 bits per heavy atom. The molecule has 0 unspecified atom stereocenters. The first-order chi connectivity index (χ1) is 15.7. The molecule has 0 spiro atoms. The van der Waals surface area contributed by atoms with Crippen LogP contribution in [0, 0.1) is 6.92 Å². The zero-order valence-corrected chi connectivity index (χ0v) is 17.7. The molecule has 4 aromatic carbocycles. The third-order valence-corrected chi connectivity index (χ3v) is 6.36. The minimum Gasteiger partial charge on any atom is -0.354 e. The van der Waals surface area contributed by atoms with Crippen LogP contribution < -0.4 is 4.90 Å². The van der Waals surface area contributed by atoms with Crippen LogP contribution in [0.25, 0.3) is 22.2 Å². The predicted molar refractivity (Wildman–Crippen MR) is 130 cm³/mol. The van der Waals surface area contributed by atoms with Crippen molar-refractivity contribution in [1.82, 2.24) is 4.98 Å². The lowest BCUT2D eigenvalue weighted by molar-refractivity contribution is 0.0993. The van der Waals surface area contributed by atoms with Crippen LogP contribution in [0.1, 0.15) is 33.1 Å². The van der Waals surface area contributed by atoms with Gasteiger partial charge in [0, 0.05) is 27.7 Å². The topological polar surface area (TPSA) is 36.1 Å². The highest BCUT2D eigenvalue weighted by Crippen LogP contribution is 2.47. The SMILES string of the molecule is Cc1ccc(-c2[nH]c3ccccc3c2[C@@H]2c3ccccc3C(=O)N2c2ccccc2)cc1. The third kappa shape index (κ3) is 2.78. The Morgan fingerprint density at radius 1 is 0.750 bits per heavy atom. The molecule has 0 aliphatic carbocycles. The number of para-hydroxylation sites is 2. The fraction of sp³-hybridized carbons (Fsp3) is 0.0690. The summed E-state index contributed by atoms with van der Waals surface area (Å²) in [6.07, 6.45) is 0. The number of nitrogens with zero attached hydrogens (tertiary/aromatic N) is 1. The number of anilines is 1. The van der Waals surface area contributed by atoms with Crippen LogP contribution in [-0.2, 0) is 0 Å². The van der Waals surface area contributed by atoms with Gasteiger partial charge in [-0.05, 0) is 42.3 Å². The van der Waals surface area contributed by atoms with Gasteiger partial charge in [-0.15, -0.1) is 0 Å². The summed E-state index contributed by atoms with van der Waals surface area (Å²) in [5, 5.41) is 1.14. The van der Waals surface area contributed by atoms with Gasteiger partial charge >= 0.3 is 0 Å². The van der Waals surface area contributed by atoms with E-state index in [0.29, 0.717) is 0 Å². The smallest absolute Gasteiger partial charge is 0.259 e. The summed E-state index contributed by atoms with van der Waals surface area (Å²) in [4.78, 5) is 19.2. The number of nitrogens with one attached hydrogen (secondary N) is 1. The number of fused-ring (bicyclic) bond motifs is 2. The molecule has 0 radical (unpaired) electrons. The Balaban J connectivity index is 1.67. The van der Waals surface area contributed by atoms with Crippen LogP contribution in [0.15, 0.2) is 103 Å². The van der Waals surface area contributed by atoms with E-state index in [4.69, 9.17) is 0 Å². The van der Waals surface area contributed by atoms with Crippen LogP contribution in [0.5, 0.6) is 0 Å². The maximum Gasteiger partial charge on any atom is 0.259 e. The maximum atomic E-state index is 13.6. The summed E-state index contributed by atoms with van der Waals surface area (Å²) in [5.41, 5.74) is 8.31. The zero-order valence-electron chi connectivity index (χ0n) is 17.7. The van der Waals surface area contributed by atoms with E-state index in [1.807, 2.05) is 59.5 Å². The Kier molecular flexibility index (Phi) is 4.22. The third-order valence-electron chi connectivity index (χ3n) is 6.36. The number of benzene rings is 4. The van der Waals surface area contributed by atoms with Gasteiger partial charge in [-0.3, -0.25) is 9.69 Å².